The quantitative estimate of drug-likeness (QED) is 0.821. The Labute approximate surface area is 94.1 Å². The molecule has 16 heavy (non-hydrogen) atoms. The first-order valence-corrected chi connectivity index (χ1v) is 5.60. The fourth-order valence-electron chi connectivity index (χ4n) is 2.57. The molecule has 1 aromatic rings. The maximum atomic E-state index is 13.5. The number of hydrogen-bond donors (Lipinski definition) is 1. The third-order valence-corrected chi connectivity index (χ3v) is 3.44. The minimum absolute atomic E-state index is 0.0575. The highest BCUT2D eigenvalue weighted by atomic mass is 19.1. The van der Waals surface area contributed by atoms with Crippen molar-refractivity contribution in [2.75, 3.05) is 0 Å². The van der Waals surface area contributed by atoms with Crippen molar-refractivity contribution in [1.29, 1.82) is 0 Å². The maximum absolute atomic E-state index is 13.5. The second-order valence-corrected chi connectivity index (χ2v) is 5.12. The largest absolute Gasteiger partial charge is 0.393 e. The Bertz CT molecular complexity index is 392. The molecule has 0 amide bonds. The van der Waals surface area contributed by atoms with E-state index in [9.17, 15) is 13.9 Å². The highest BCUT2D eigenvalue weighted by Gasteiger charge is 2.34. The van der Waals surface area contributed by atoms with Crippen LogP contribution in [0.15, 0.2) is 18.2 Å². The fourth-order valence-corrected chi connectivity index (χ4v) is 2.57. The summed E-state index contributed by atoms with van der Waals surface area (Å²) in [5.41, 5.74) is 0.482. The van der Waals surface area contributed by atoms with Crippen molar-refractivity contribution in [3.63, 3.8) is 0 Å². The van der Waals surface area contributed by atoms with Gasteiger partial charge in [0, 0.05) is 6.07 Å². The summed E-state index contributed by atoms with van der Waals surface area (Å²) in [5, 5.41) is 9.50. The van der Waals surface area contributed by atoms with Gasteiger partial charge in [-0.2, -0.15) is 0 Å². The molecule has 0 heterocycles. The molecule has 0 spiro atoms. The molecule has 0 aromatic heterocycles. The molecular formula is C13H16F2O. The zero-order valence-electron chi connectivity index (χ0n) is 9.34. The van der Waals surface area contributed by atoms with E-state index in [0.29, 0.717) is 18.4 Å². The molecule has 0 bridgehead atoms. The van der Waals surface area contributed by atoms with Gasteiger partial charge in [0.15, 0.2) is 0 Å². The lowest BCUT2D eigenvalue weighted by Gasteiger charge is -2.23. The Morgan fingerprint density at radius 2 is 2.19 bits per heavy atom. The van der Waals surface area contributed by atoms with Crippen LogP contribution in [0.2, 0.25) is 0 Å². The van der Waals surface area contributed by atoms with E-state index in [1.54, 1.807) is 0 Å². The van der Waals surface area contributed by atoms with E-state index in [1.165, 1.54) is 12.1 Å². The molecule has 1 aromatic carbocycles. The van der Waals surface area contributed by atoms with Crippen molar-refractivity contribution in [3.05, 3.63) is 35.4 Å². The predicted molar refractivity (Wildman–Crippen MR) is 58.0 cm³/mol. The number of halogens is 2. The van der Waals surface area contributed by atoms with Gasteiger partial charge in [0.1, 0.15) is 11.6 Å². The fraction of sp³-hybridized carbons (Fsp3) is 0.538. The van der Waals surface area contributed by atoms with Gasteiger partial charge in [-0.3, -0.25) is 0 Å². The van der Waals surface area contributed by atoms with Crippen molar-refractivity contribution in [1.82, 2.24) is 0 Å². The Morgan fingerprint density at radius 3 is 2.75 bits per heavy atom. The van der Waals surface area contributed by atoms with Gasteiger partial charge in [0.25, 0.3) is 0 Å². The van der Waals surface area contributed by atoms with E-state index in [1.807, 2.05) is 6.92 Å². The van der Waals surface area contributed by atoms with Gasteiger partial charge in [0.05, 0.1) is 6.10 Å². The average Bonchev–Trinajstić information content (AvgIpc) is 2.52. The van der Waals surface area contributed by atoms with Crippen LogP contribution < -0.4 is 0 Å². The lowest BCUT2D eigenvalue weighted by atomic mass is 9.82. The molecule has 1 aliphatic rings. The Hall–Kier alpha value is -0.960. The molecule has 2 unspecified atom stereocenters. The van der Waals surface area contributed by atoms with Gasteiger partial charge in [0.2, 0.25) is 0 Å². The van der Waals surface area contributed by atoms with Gasteiger partial charge < -0.3 is 5.11 Å². The number of rotatable bonds is 2. The van der Waals surface area contributed by atoms with Crippen molar-refractivity contribution in [2.45, 2.75) is 38.7 Å². The number of benzene rings is 1. The third kappa shape index (κ3) is 2.40. The molecule has 88 valence electrons. The van der Waals surface area contributed by atoms with Crippen LogP contribution in [0.25, 0.3) is 0 Å². The lowest BCUT2D eigenvalue weighted by Crippen LogP contribution is -2.17. The lowest BCUT2D eigenvalue weighted by molar-refractivity contribution is 0.163. The first kappa shape index (κ1) is 11.5. The minimum atomic E-state index is -0.544. The Kier molecular flexibility index (Phi) is 2.98. The van der Waals surface area contributed by atoms with Gasteiger partial charge in [-0.15, -0.1) is 0 Å². The third-order valence-electron chi connectivity index (χ3n) is 3.44. The van der Waals surface area contributed by atoms with Crippen LogP contribution in [0.4, 0.5) is 8.78 Å². The molecule has 2 atom stereocenters. The standard InChI is InChI=1S/C13H16F2O/c1-13(5-4-11(16)8-13)7-9-2-3-10(14)6-12(9)15/h2-3,6,11,16H,4-5,7-8H2,1H3. The van der Waals surface area contributed by atoms with Crippen molar-refractivity contribution in [2.24, 2.45) is 5.41 Å². The van der Waals surface area contributed by atoms with Crippen LogP contribution >= 0.6 is 0 Å². The molecule has 1 N–H and O–H groups in total. The highest BCUT2D eigenvalue weighted by Crippen LogP contribution is 2.40. The molecule has 3 heteroatoms. The topological polar surface area (TPSA) is 20.2 Å². The summed E-state index contributed by atoms with van der Waals surface area (Å²) in [5.74, 6) is -1.03. The normalized spacial score (nSPS) is 29.6. The van der Waals surface area contributed by atoms with Crippen LogP contribution in [0.1, 0.15) is 31.7 Å². The van der Waals surface area contributed by atoms with Crippen LogP contribution in [0, 0.1) is 17.0 Å². The van der Waals surface area contributed by atoms with E-state index < -0.39 is 11.6 Å². The summed E-state index contributed by atoms with van der Waals surface area (Å²) in [7, 11) is 0. The van der Waals surface area contributed by atoms with Crippen molar-refractivity contribution < 1.29 is 13.9 Å². The van der Waals surface area contributed by atoms with Crippen LogP contribution in [-0.2, 0) is 6.42 Å². The molecular weight excluding hydrogens is 210 g/mol. The SMILES string of the molecule is CC1(Cc2ccc(F)cc2F)CCC(O)C1. The summed E-state index contributed by atoms with van der Waals surface area (Å²) >= 11 is 0. The van der Waals surface area contributed by atoms with E-state index in [-0.39, 0.29) is 11.5 Å². The molecule has 0 saturated heterocycles. The molecule has 1 fully saturated rings. The van der Waals surface area contributed by atoms with Crippen molar-refractivity contribution >= 4 is 0 Å². The predicted octanol–water partition coefficient (Wildman–Crippen LogP) is 3.06. The second kappa shape index (κ2) is 4.13. The second-order valence-electron chi connectivity index (χ2n) is 5.12. The monoisotopic (exact) mass is 226 g/mol. The van der Waals surface area contributed by atoms with E-state index in [0.717, 1.165) is 18.9 Å². The van der Waals surface area contributed by atoms with Gasteiger partial charge in [-0.1, -0.05) is 13.0 Å². The molecule has 0 aliphatic heterocycles. The average molecular weight is 226 g/mol. The maximum Gasteiger partial charge on any atom is 0.129 e. The zero-order valence-corrected chi connectivity index (χ0v) is 9.34. The summed E-state index contributed by atoms with van der Waals surface area (Å²) in [4.78, 5) is 0. The van der Waals surface area contributed by atoms with Crippen LogP contribution in [0.5, 0.6) is 0 Å². The molecule has 1 nitrogen and oxygen atoms in total. The molecule has 0 radical (unpaired) electrons. The van der Waals surface area contributed by atoms with Gasteiger partial charge in [-0.25, -0.2) is 8.78 Å². The summed E-state index contributed by atoms with van der Waals surface area (Å²) in [6.07, 6.45) is 2.66. The summed E-state index contributed by atoms with van der Waals surface area (Å²) in [6.45, 7) is 2.05. The Morgan fingerprint density at radius 1 is 1.44 bits per heavy atom. The number of aliphatic hydroxyl groups excluding tert-OH is 1. The van der Waals surface area contributed by atoms with E-state index >= 15 is 0 Å². The smallest absolute Gasteiger partial charge is 0.129 e. The molecule has 1 aliphatic carbocycles. The molecule has 1 saturated carbocycles. The Balaban J connectivity index is 2.14. The number of hydrogen-bond acceptors (Lipinski definition) is 1. The van der Waals surface area contributed by atoms with E-state index in [4.69, 9.17) is 0 Å². The first-order valence-electron chi connectivity index (χ1n) is 5.60. The van der Waals surface area contributed by atoms with Crippen molar-refractivity contribution in [3.8, 4) is 0 Å². The number of aliphatic hydroxyl groups is 1. The first-order chi connectivity index (χ1) is 7.48. The van der Waals surface area contributed by atoms with Crippen LogP contribution in [-0.4, -0.2) is 11.2 Å². The van der Waals surface area contributed by atoms with Gasteiger partial charge >= 0.3 is 0 Å². The van der Waals surface area contributed by atoms with E-state index in [2.05, 4.69) is 0 Å². The van der Waals surface area contributed by atoms with Gasteiger partial charge in [-0.05, 0) is 42.7 Å². The minimum Gasteiger partial charge on any atom is -0.393 e. The summed E-state index contributed by atoms with van der Waals surface area (Å²) < 4.78 is 26.2. The molecule has 2 rings (SSSR count). The highest BCUT2D eigenvalue weighted by molar-refractivity contribution is 5.20. The summed E-state index contributed by atoms with van der Waals surface area (Å²) in [6, 6.07) is 3.71. The van der Waals surface area contributed by atoms with Crippen LogP contribution in [0.3, 0.4) is 0 Å². The zero-order chi connectivity index (χ0) is 11.8.